The summed E-state index contributed by atoms with van der Waals surface area (Å²) in [5.41, 5.74) is 2.63. The molecule has 0 saturated carbocycles. The average Bonchev–Trinajstić information content (AvgIpc) is 2.51. The minimum atomic E-state index is -0.309. The van der Waals surface area contributed by atoms with Crippen LogP contribution in [0.5, 0.6) is 5.75 Å². The molecule has 4 rings (SSSR count). The highest BCUT2D eigenvalue weighted by molar-refractivity contribution is 6.35. The van der Waals surface area contributed by atoms with Crippen molar-refractivity contribution >= 4 is 45.3 Å². The van der Waals surface area contributed by atoms with Crippen molar-refractivity contribution in [2.45, 2.75) is 6.17 Å². The maximum Gasteiger partial charge on any atom is 0.141 e. The summed E-state index contributed by atoms with van der Waals surface area (Å²) in [6, 6.07) is 15.4. The normalized spacial score (nSPS) is 13.7. The van der Waals surface area contributed by atoms with E-state index in [-0.39, 0.29) is 16.9 Å². The smallest absolute Gasteiger partial charge is 0.141 e. The molecule has 0 spiro atoms. The van der Waals surface area contributed by atoms with Crippen LogP contribution in [0.2, 0.25) is 10.0 Å². The number of hydrogen-bond donors (Lipinski definition) is 3. The zero-order valence-corrected chi connectivity index (χ0v) is 12.9. The SMILES string of the molecule is Oc1c(Cl)cc(Cl)cc1C1Nc2cccc3cccc(c23)N1. The van der Waals surface area contributed by atoms with Gasteiger partial charge in [0, 0.05) is 27.3 Å². The topological polar surface area (TPSA) is 44.3 Å². The molecular weight excluding hydrogens is 319 g/mol. The molecule has 0 unspecified atom stereocenters. The summed E-state index contributed by atoms with van der Waals surface area (Å²) in [4.78, 5) is 0. The molecule has 3 aromatic carbocycles. The number of phenolic OH excluding ortho intramolecular Hbond substituents is 1. The number of hydrogen-bond acceptors (Lipinski definition) is 3. The van der Waals surface area contributed by atoms with Crippen LogP contribution in [-0.2, 0) is 0 Å². The van der Waals surface area contributed by atoms with Gasteiger partial charge in [-0.1, -0.05) is 47.5 Å². The van der Waals surface area contributed by atoms with Crippen LogP contribution in [0.1, 0.15) is 11.7 Å². The third-order valence-electron chi connectivity index (χ3n) is 3.87. The molecule has 0 fully saturated rings. The second-order valence-electron chi connectivity index (χ2n) is 5.26. The van der Waals surface area contributed by atoms with Crippen LogP contribution >= 0.6 is 23.2 Å². The Kier molecular flexibility index (Phi) is 3.06. The van der Waals surface area contributed by atoms with Crippen molar-refractivity contribution in [3.8, 4) is 5.75 Å². The largest absolute Gasteiger partial charge is 0.506 e. The van der Waals surface area contributed by atoms with Crippen LogP contribution in [0.3, 0.4) is 0 Å². The molecule has 3 nitrogen and oxygen atoms in total. The van der Waals surface area contributed by atoms with Crippen molar-refractivity contribution in [1.29, 1.82) is 0 Å². The number of rotatable bonds is 1. The van der Waals surface area contributed by atoms with Crippen molar-refractivity contribution in [2.75, 3.05) is 10.6 Å². The quantitative estimate of drug-likeness (QED) is 0.560. The van der Waals surface area contributed by atoms with Crippen LogP contribution in [0, 0.1) is 0 Å². The zero-order valence-electron chi connectivity index (χ0n) is 11.4. The van der Waals surface area contributed by atoms with Gasteiger partial charge in [0.15, 0.2) is 0 Å². The van der Waals surface area contributed by atoms with Gasteiger partial charge >= 0.3 is 0 Å². The Morgan fingerprint density at radius 3 is 2.18 bits per heavy atom. The Balaban J connectivity index is 1.86. The fourth-order valence-electron chi connectivity index (χ4n) is 2.89. The highest BCUT2D eigenvalue weighted by Crippen LogP contribution is 2.42. The fraction of sp³-hybridized carbons (Fsp3) is 0.0588. The molecule has 0 atom stereocenters. The van der Waals surface area contributed by atoms with Gasteiger partial charge in [0.05, 0.1) is 5.02 Å². The third kappa shape index (κ3) is 2.05. The monoisotopic (exact) mass is 330 g/mol. The van der Waals surface area contributed by atoms with E-state index in [0.29, 0.717) is 10.6 Å². The van der Waals surface area contributed by atoms with Crippen LogP contribution < -0.4 is 10.6 Å². The summed E-state index contributed by atoms with van der Waals surface area (Å²) in [5, 5.41) is 20.0. The van der Waals surface area contributed by atoms with Gasteiger partial charge in [-0.3, -0.25) is 0 Å². The van der Waals surface area contributed by atoms with Crippen molar-refractivity contribution in [2.24, 2.45) is 0 Å². The molecule has 22 heavy (non-hydrogen) atoms. The standard InChI is InChI=1S/C17H12Cl2N2O/c18-10-7-11(16(22)12(19)8-10)17-20-13-5-1-3-9-4-2-6-14(21-17)15(9)13/h1-8,17,20-22H. The number of aromatic hydroxyl groups is 1. The predicted molar refractivity (Wildman–Crippen MR) is 92.1 cm³/mol. The van der Waals surface area contributed by atoms with E-state index in [2.05, 4.69) is 22.8 Å². The molecular formula is C17H12Cl2N2O. The molecule has 0 aliphatic carbocycles. The first-order chi connectivity index (χ1) is 10.6. The van der Waals surface area contributed by atoms with Gasteiger partial charge in [-0.05, 0) is 29.7 Å². The number of benzene rings is 3. The molecule has 5 heteroatoms. The van der Waals surface area contributed by atoms with E-state index < -0.39 is 0 Å². The lowest BCUT2D eigenvalue weighted by atomic mass is 10.0. The van der Waals surface area contributed by atoms with E-state index in [1.807, 2.05) is 24.3 Å². The molecule has 0 bridgehead atoms. The Hall–Kier alpha value is -2.10. The van der Waals surface area contributed by atoms with Gasteiger partial charge in [0.2, 0.25) is 0 Å². The zero-order chi connectivity index (χ0) is 15.3. The third-order valence-corrected chi connectivity index (χ3v) is 4.38. The molecule has 0 amide bonds. The van der Waals surface area contributed by atoms with Gasteiger partial charge in [0.25, 0.3) is 0 Å². The average molecular weight is 331 g/mol. The summed E-state index contributed by atoms with van der Waals surface area (Å²) in [6.07, 6.45) is -0.309. The first-order valence-corrected chi connectivity index (χ1v) is 7.62. The van der Waals surface area contributed by atoms with Gasteiger partial charge < -0.3 is 15.7 Å². The first kappa shape index (κ1) is 13.6. The van der Waals surface area contributed by atoms with Crippen LogP contribution in [0.15, 0.2) is 48.5 Å². The highest BCUT2D eigenvalue weighted by atomic mass is 35.5. The Bertz CT molecular complexity index is 854. The Labute approximate surface area is 137 Å². The summed E-state index contributed by atoms with van der Waals surface area (Å²) in [5.74, 6) is 0.0302. The number of phenols is 1. The lowest BCUT2D eigenvalue weighted by Crippen LogP contribution is -2.23. The lowest BCUT2D eigenvalue weighted by molar-refractivity contribution is 0.466. The van der Waals surface area contributed by atoms with E-state index in [9.17, 15) is 5.11 Å². The molecule has 3 aromatic rings. The van der Waals surface area contributed by atoms with Crippen molar-refractivity contribution in [3.05, 3.63) is 64.1 Å². The van der Waals surface area contributed by atoms with E-state index >= 15 is 0 Å². The van der Waals surface area contributed by atoms with Crippen LogP contribution in [-0.4, -0.2) is 5.11 Å². The molecule has 0 saturated heterocycles. The number of nitrogens with one attached hydrogen (secondary N) is 2. The maximum atomic E-state index is 10.2. The Morgan fingerprint density at radius 1 is 0.909 bits per heavy atom. The molecule has 3 N–H and O–H groups in total. The van der Waals surface area contributed by atoms with Gasteiger partial charge in [0.1, 0.15) is 11.9 Å². The van der Waals surface area contributed by atoms with Crippen LogP contribution in [0.4, 0.5) is 11.4 Å². The van der Waals surface area contributed by atoms with Crippen LogP contribution in [0.25, 0.3) is 10.8 Å². The molecule has 110 valence electrons. The van der Waals surface area contributed by atoms with Crippen molar-refractivity contribution < 1.29 is 5.11 Å². The highest BCUT2D eigenvalue weighted by Gasteiger charge is 2.23. The molecule has 1 aliphatic heterocycles. The minimum absolute atomic E-state index is 0.0302. The van der Waals surface area contributed by atoms with Crippen molar-refractivity contribution in [3.63, 3.8) is 0 Å². The summed E-state index contributed by atoms with van der Waals surface area (Å²) in [6.45, 7) is 0. The second-order valence-corrected chi connectivity index (χ2v) is 6.10. The lowest BCUT2D eigenvalue weighted by Gasteiger charge is -2.30. The predicted octanol–water partition coefficient (Wildman–Crippen LogP) is 5.39. The van der Waals surface area contributed by atoms with Gasteiger partial charge in [-0.15, -0.1) is 0 Å². The van der Waals surface area contributed by atoms with E-state index in [1.165, 1.54) is 6.07 Å². The van der Waals surface area contributed by atoms with Crippen molar-refractivity contribution in [1.82, 2.24) is 0 Å². The molecule has 0 radical (unpaired) electrons. The van der Waals surface area contributed by atoms with E-state index in [4.69, 9.17) is 23.2 Å². The van der Waals surface area contributed by atoms with E-state index in [0.717, 1.165) is 22.1 Å². The van der Waals surface area contributed by atoms with E-state index in [1.54, 1.807) is 6.07 Å². The maximum absolute atomic E-state index is 10.2. The summed E-state index contributed by atoms with van der Waals surface area (Å²) in [7, 11) is 0. The minimum Gasteiger partial charge on any atom is -0.506 e. The van der Waals surface area contributed by atoms with Gasteiger partial charge in [-0.2, -0.15) is 0 Å². The van der Waals surface area contributed by atoms with Gasteiger partial charge in [-0.25, -0.2) is 0 Å². The second kappa shape index (κ2) is 4.97. The molecule has 0 aromatic heterocycles. The summed E-state index contributed by atoms with van der Waals surface area (Å²) >= 11 is 12.1. The number of halogens is 2. The number of anilines is 2. The summed E-state index contributed by atoms with van der Waals surface area (Å²) < 4.78 is 0. The first-order valence-electron chi connectivity index (χ1n) is 6.86. The fourth-order valence-corrected chi connectivity index (χ4v) is 3.40. The molecule has 1 aliphatic rings. The Morgan fingerprint density at radius 2 is 1.55 bits per heavy atom. The molecule has 1 heterocycles.